The van der Waals surface area contributed by atoms with Crippen molar-refractivity contribution in [2.75, 3.05) is 39.5 Å². The van der Waals surface area contributed by atoms with Gasteiger partial charge in [-0.3, -0.25) is 9.69 Å². The van der Waals surface area contributed by atoms with E-state index >= 15 is 0 Å². The van der Waals surface area contributed by atoms with Crippen LogP contribution in [0.3, 0.4) is 0 Å². The second kappa shape index (κ2) is 11.4. The summed E-state index contributed by atoms with van der Waals surface area (Å²) in [5.74, 6) is 5.32. The van der Waals surface area contributed by atoms with Crippen molar-refractivity contribution in [2.24, 2.45) is 0 Å². The largest absolute Gasteiger partial charge is 0.452 e. The van der Waals surface area contributed by atoms with E-state index in [4.69, 9.17) is 14.9 Å². The maximum atomic E-state index is 11.0. The quantitative estimate of drug-likeness (QED) is 0.449. The van der Waals surface area contributed by atoms with Gasteiger partial charge in [0.05, 0.1) is 19.8 Å². The first-order valence-corrected chi connectivity index (χ1v) is 5.80. The minimum Gasteiger partial charge on any atom is -0.452 e. The summed E-state index contributed by atoms with van der Waals surface area (Å²) in [7, 11) is 0. The van der Waals surface area contributed by atoms with Gasteiger partial charge in [-0.25, -0.2) is 0 Å². The number of carbonyl (C=O) groups excluding carboxylic acids is 1. The fourth-order valence-corrected chi connectivity index (χ4v) is 1.16. The molecule has 0 aromatic heterocycles. The third kappa shape index (κ3) is 9.82. The monoisotopic (exact) mass is 243 g/mol. The molecule has 0 fully saturated rings. The normalized spacial score (nSPS) is 9.88. The van der Waals surface area contributed by atoms with Gasteiger partial charge in [-0.15, -0.1) is 0 Å². The van der Waals surface area contributed by atoms with Crippen LogP contribution in [0.2, 0.25) is 0 Å². The van der Waals surface area contributed by atoms with Gasteiger partial charge in [-0.05, 0) is 6.42 Å². The molecule has 0 heterocycles. The van der Waals surface area contributed by atoms with Gasteiger partial charge < -0.3 is 14.9 Å². The number of hydrogen-bond acceptors (Lipinski definition) is 5. The van der Waals surface area contributed by atoms with Crippen LogP contribution >= 0.6 is 0 Å². The zero-order valence-corrected chi connectivity index (χ0v) is 10.3. The van der Waals surface area contributed by atoms with Gasteiger partial charge in [0.1, 0.15) is 0 Å². The number of nitrogens with zero attached hydrogens (tertiary/aromatic N) is 1. The van der Waals surface area contributed by atoms with E-state index in [-0.39, 0.29) is 25.8 Å². The molecular formula is C12H21NO4. The molecule has 0 aliphatic heterocycles. The van der Waals surface area contributed by atoms with Gasteiger partial charge in [0.2, 0.25) is 0 Å². The second-order valence-corrected chi connectivity index (χ2v) is 3.49. The van der Waals surface area contributed by atoms with Gasteiger partial charge in [0, 0.05) is 19.5 Å². The highest BCUT2D eigenvalue weighted by atomic mass is 16.5. The predicted molar refractivity (Wildman–Crippen MR) is 64.3 cm³/mol. The molecule has 17 heavy (non-hydrogen) atoms. The van der Waals surface area contributed by atoms with Crippen LogP contribution in [-0.4, -0.2) is 60.5 Å². The van der Waals surface area contributed by atoms with E-state index in [9.17, 15) is 4.79 Å². The van der Waals surface area contributed by atoms with Crippen molar-refractivity contribution in [2.45, 2.75) is 19.8 Å². The molecule has 0 aromatic carbocycles. The van der Waals surface area contributed by atoms with Crippen LogP contribution in [0.4, 0.5) is 0 Å². The fraction of sp³-hybridized carbons (Fsp3) is 0.750. The molecular weight excluding hydrogens is 222 g/mol. The molecule has 0 unspecified atom stereocenters. The van der Waals surface area contributed by atoms with Crippen LogP contribution < -0.4 is 0 Å². The fourth-order valence-electron chi connectivity index (χ4n) is 1.16. The van der Waals surface area contributed by atoms with Crippen molar-refractivity contribution in [3.8, 4) is 11.8 Å². The number of aliphatic hydroxyl groups is 2. The van der Waals surface area contributed by atoms with E-state index in [0.717, 1.165) is 6.42 Å². The molecule has 98 valence electrons. The van der Waals surface area contributed by atoms with Crippen LogP contribution in [0.25, 0.3) is 0 Å². The minimum absolute atomic E-state index is 0.0349. The van der Waals surface area contributed by atoms with Gasteiger partial charge in [0.25, 0.3) is 0 Å². The Hall–Kier alpha value is -1.09. The Kier molecular flexibility index (Phi) is 10.7. The molecule has 0 spiro atoms. The minimum atomic E-state index is -0.232. The van der Waals surface area contributed by atoms with Crippen molar-refractivity contribution >= 4 is 5.97 Å². The lowest BCUT2D eigenvalue weighted by Gasteiger charge is -2.16. The first-order chi connectivity index (χ1) is 8.24. The van der Waals surface area contributed by atoms with Crippen LogP contribution in [-0.2, 0) is 9.53 Å². The number of hydrogen-bond donors (Lipinski definition) is 2. The Morgan fingerprint density at radius 3 is 2.41 bits per heavy atom. The van der Waals surface area contributed by atoms with Crippen molar-refractivity contribution in [1.82, 2.24) is 4.90 Å². The Morgan fingerprint density at radius 2 is 1.88 bits per heavy atom. The molecule has 0 aliphatic rings. The first-order valence-electron chi connectivity index (χ1n) is 5.80. The number of aliphatic hydroxyl groups excluding tert-OH is 2. The van der Waals surface area contributed by atoms with E-state index in [1.54, 1.807) is 0 Å². The number of ether oxygens (including phenoxy) is 1. The molecule has 5 heteroatoms. The van der Waals surface area contributed by atoms with Crippen LogP contribution in [0.15, 0.2) is 0 Å². The summed E-state index contributed by atoms with van der Waals surface area (Å²) in [6.45, 7) is 3.49. The summed E-state index contributed by atoms with van der Waals surface area (Å²) in [4.78, 5) is 12.8. The number of carbonyl (C=O) groups is 1. The van der Waals surface area contributed by atoms with E-state index < -0.39 is 0 Å². The van der Waals surface area contributed by atoms with Crippen molar-refractivity contribution < 1.29 is 19.7 Å². The van der Waals surface area contributed by atoms with E-state index in [1.165, 1.54) is 0 Å². The average Bonchev–Trinajstić information content (AvgIpc) is 2.29. The lowest BCUT2D eigenvalue weighted by atomic mass is 10.3. The smallest absolute Gasteiger partial charge is 0.306 e. The van der Waals surface area contributed by atoms with Gasteiger partial charge in [-0.2, -0.15) is 0 Å². The van der Waals surface area contributed by atoms with Gasteiger partial charge in [0.15, 0.2) is 6.61 Å². The average molecular weight is 243 g/mol. The molecule has 0 rings (SSSR count). The molecule has 0 saturated carbocycles. The molecule has 0 bridgehead atoms. The number of rotatable bonds is 8. The van der Waals surface area contributed by atoms with Crippen LogP contribution in [0.1, 0.15) is 19.8 Å². The maximum Gasteiger partial charge on any atom is 0.306 e. The molecule has 0 aliphatic carbocycles. The summed E-state index contributed by atoms with van der Waals surface area (Å²) in [6.07, 6.45) is 1.19. The predicted octanol–water partition coefficient (Wildman–Crippen LogP) is -0.380. The molecule has 0 amide bonds. The Bertz CT molecular complexity index is 251. The van der Waals surface area contributed by atoms with Crippen molar-refractivity contribution in [3.63, 3.8) is 0 Å². The van der Waals surface area contributed by atoms with Crippen LogP contribution in [0.5, 0.6) is 0 Å². The van der Waals surface area contributed by atoms with Crippen molar-refractivity contribution in [1.29, 1.82) is 0 Å². The molecule has 0 radical (unpaired) electrons. The maximum absolute atomic E-state index is 11.0. The lowest BCUT2D eigenvalue weighted by molar-refractivity contribution is -0.142. The SMILES string of the molecule is CCCC(=O)OCC#CCN(CCO)CCO. The highest BCUT2D eigenvalue weighted by Crippen LogP contribution is 1.90. The summed E-state index contributed by atoms with van der Waals surface area (Å²) in [6, 6.07) is 0. The van der Waals surface area contributed by atoms with E-state index in [0.29, 0.717) is 26.1 Å². The standard InChI is InChI=1S/C12H21NO4/c1-2-5-12(16)17-11-4-3-6-13(7-9-14)8-10-15/h14-15H,2,5-11H2,1H3. The molecule has 5 nitrogen and oxygen atoms in total. The molecule has 0 aromatic rings. The second-order valence-electron chi connectivity index (χ2n) is 3.49. The van der Waals surface area contributed by atoms with E-state index in [1.807, 2.05) is 11.8 Å². The summed E-state index contributed by atoms with van der Waals surface area (Å²) in [5.41, 5.74) is 0. The summed E-state index contributed by atoms with van der Waals surface area (Å²) < 4.78 is 4.85. The zero-order chi connectivity index (χ0) is 12.9. The number of esters is 1. The highest BCUT2D eigenvalue weighted by molar-refractivity contribution is 5.69. The summed E-state index contributed by atoms with van der Waals surface area (Å²) in [5, 5.41) is 17.5. The molecule has 2 N–H and O–H groups in total. The lowest BCUT2D eigenvalue weighted by Crippen LogP contribution is -2.30. The summed E-state index contributed by atoms with van der Waals surface area (Å²) >= 11 is 0. The Balaban J connectivity index is 3.73. The first kappa shape index (κ1) is 15.9. The van der Waals surface area contributed by atoms with Crippen molar-refractivity contribution in [3.05, 3.63) is 0 Å². The third-order valence-electron chi connectivity index (χ3n) is 2.02. The molecule has 0 saturated heterocycles. The van der Waals surface area contributed by atoms with Crippen LogP contribution in [0, 0.1) is 11.8 Å². The molecule has 0 atom stereocenters. The topological polar surface area (TPSA) is 70.0 Å². The van der Waals surface area contributed by atoms with Gasteiger partial charge in [-0.1, -0.05) is 18.8 Å². The van der Waals surface area contributed by atoms with Gasteiger partial charge >= 0.3 is 5.97 Å². The zero-order valence-electron chi connectivity index (χ0n) is 10.3. The Morgan fingerprint density at radius 1 is 1.24 bits per heavy atom. The Labute approximate surface area is 102 Å². The van der Waals surface area contributed by atoms with E-state index in [2.05, 4.69) is 11.8 Å². The third-order valence-corrected chi connectivity index (χ3v) is 2.02. The highest BCUT2D eigenvalue weighted by Gasteiger charge is 2.00.